The predicted octanol–water partition coefficient (Wildman–Crippen LogP) is 3.61. The van der Waals surface area contributed by atoms with E-state index in [0.717, 1.165) is 0 Å². The molecule has 0 spiro atoms. The molecule has 0 amide bonds. The van der Waals surface area contributed by atoms with E-state index in [0.29, 0.717) is 5.69 Å². The Morgan fingerprint density at radius 3 is 2.25 bits per heavy atom. The predicted molar refractivity (Wildman–Crippen MR) is 58.1 cm³/mol. The topological polar surface area (TPSA) is 12.9 Å². The van der Waals surface area contributed by atoms with Crippen molar-refractivity contribution in [3.63, 3.8) is 0 Å². The van der Waals surface area contributed by atoms with Gasteiger partial charge in [0.2, 0.25) is 0 Å². The SMILES string of the molecule is Fc1cccc(F)c1[CH]c1cccc(Cl)n1. The van der Waals surface area contributed by atoms with Crippen LogP contribution in [-0.4, -0.2) is 4.98 Å². The van der Waals surface area contributed by atoms with Crippen LogP contribution in [0.3, 0.4) is 0 Å². The number of nitrogens with zero attached hydrogens (tertiary/aromatic N) is 1. The number of pyridine rings is 1. The van der Waals surface area contributed by atoms with Gasteiger partial charge in [-0.3, -0.25) is 0 Å². The van der Waals surface area contributed by atoms with Gasteiger partial charge in [-0.25, -0.2) is 13.8 Å². The van der Waals surface area contributed by atoms with Crippen molar-refractivity contribution in [1.82, 2.24) is 4.98 Å². The average molecular weight is 239 g/mol. The maximum absolute atomic E-state index is 13.3. The van der Waals surface area contributed by atoms with Crippen molar-refractivity contribution in [1.29, 1.82) is 0 Å². The first kappa shape index (κ1) is 11.0. The molecule has 1 aromatic carbocycles. The third kappa shape index (κ3) is 2.36. The van der Waals surface area contributed by atoms with Gasteiger partial charge in [0, 0.05) is 12.0 Å². The highest BCUT2D eigenvalue weighted by Crippen LogP contribution is 2.18. The van der Waals surface area contributed by atoms with Crippen LogP contribution >= 0.6 is 11.6 Å². The molecular weight excluding hydrogens is 232 g/mol. The average Bonchev–Trinajstić information content (AvgIpc) is 2.24. The lowest BCUT2D eigenvalue weighted by Gasteiger charge is -2.03. The Morgan fingerprint density at radius 1 is 1.00 bits per heavy atom. The monoisotopic (exact) mass is 238 g/mol. The third-order valence-electron chi connectivity index (χ3n) is 2.03. The normalized spacial score (nSPS) is 10.4. The molecule has 0 aliphatic heterocycles. The van der Waals surface area contributed by atoms with E-state index in [2.05, 4.69) is 4.98 Å². The summed E-state index contributed by atoms with van der Waals surface area (Å²) in [6.45, 7) is 0. The second-order valence-corrected chi connectivity index (χ2v) is 3.55. The zero-order valence-electron chi connectivity index (χ0n) is 8.12. The van der Waals surface area contributed by atoms with Gasteiger partial charge < -0.3 is 0 Å². The fourth-order valence-electron chi connectivity index (χ4n) is 1.30. The minimum atomic E-state index is -0.623. The fourth-order valence-corrected chi connectivity index (χ4v) is 1.47. The maximum atomic E-state index is 13.3. The Hall–Kier alpha value is -1.48. The highest BCUT2D eigenvalue weighted by Gasteiger charge is 2.10. The van der Waals surface area contributed by atoms with E-state index in [-0.39, 0.29) is 10.7 Å². The van der Waals surface area contributed by atoms with Crippen LogP contribution in [0.4, 0.5) is 8.78 Å². The Kier molecular flexibility index (Phi) is 3.15. The first-order valence-corrected chi connectivity index (χ1v) is 4.96. The highest BCUT2D eigenvalue weighted by molar-refractivity contribution is 6.29. The number of hydrogen-bond acceptors (Lipinski definition) is 1. The lowest BCUT2D eigenvalue weighted by atomic mass is 10.1. The molecule has 0 atom stereocenters. The summed E-state index contributed by atoms with van der Waals surface area (Å²) in [5, 5.41) is 0.283. The van der Waals surface area contributed by atoms with Gasteiger partial charge in [-0.15, -0.1) is 0 Å². The molecule has 2 aromatic rings. The molecule has 0 unspecified atom stereocenters. The first-order valence-electron chi connectivity index (χ1n) is 4.58. The van der Waals surface area contributed by atoms with Crippen molar-refractivity contribution >= 4 is 11.6 Å². The van der Waals surface area contributed by atoms with Crippen molar-refractivity contribution in [2.45, 2.75) is 0 Å². The first-order chi connectivity index (χ1) is 7.66. The van der Waals surface area contributed by atoms with E-state index in [4.69, 9.17) is 11.6 Å². The summed E-state index contributed by atoms with van der Waals surface area (Å²) in [5.41, 5.74) is 0.300. The van der Waals surface area contributed by atoms with Crippen molar-refractivity contribution < 1.29 is 8.78 Å². The molecule has 0 saturated carbocycles. The molecule has 0 fully saturated rings. The van der Waals surface area contributed by atoms with Crippen LogP contribution in [0, 0.1) is 18.1 Å². The highest BCUT2D eigenvalue weighted by atomic mass is 35.5. The Balaban J connectivity index is 2.34. The lowest BCUT2D eigenvalue weighted by Crippen LogP contribution is -1.96. The minimum Gasteiger partial charge on any atom is -0.240 e. The van der Waals surface area contributed by atoms with E-state index in [9.17, 15) is 8.78 Å². The smallest absolute Gasteiger partial charge is 0.130 e. The summed E-state index contributed by atoms with van der Waals surface area (Å²) < 4.78 is 26.6. The van der Waals surface area contributed by atoms with Crippen LogP contribution in [-0.2, 0) is 0 Å². The molecule has 81 valence electrons. The van der Waals surface area contributed by atoms with Crippen LogP contribution < -0.4 is 0 Å². The van der Waals surface area contributed by atoms with Crippen molar-refractivity contribution in [2.24, 2.45) is 0 Å². The molecule has 0 aliphatic carbocycles. The number of benzene rings is 1. The van der Waals surface area contributed by atoms with Gasteiger partial charge in [0.25, 0.3) is 0 Å². The van der Waals surface area contributed by atoms with E-state index in [1.807, 2.05) is 0 Å². The largest absolute Gasteiger partial charge is 0.240 e. The Bertz CT molecular complexity index is 494. The van der Waals surface area contributed by atoms with Gasteiger partial charge in [0.1, 0.15) is 16.8 Å². The van der Waals surface area contributed by atoms with Gasteiger partial charge in [-0.05, 0) is 24.3 Å². The standard InChI is InChI=1S/C12H7ClF2N/c13-12-6-1-3-8(16-12)7-9-10(14)4-2-5-11(9)15/h1-7H. The second kappa shape index (κ2) is 4.58. The second-order valence-electron chi connectivity index (χ2n) is 3.16. The van der Waals surface area contributed by atoms with Gasteiger partial charge in [0.05, 0.1) is 5.69 Å². The van der Waals surface area contributed by atoms with Crippen LogP contribution in [0.15, 0.2) is 36.4 Å². The lowest BCUT2D eigenvalue weighted by molar-refractivity contribution is 0.571. The van der Waals surface area contributed by atoms with E-state index < -0.39 is 11.6 Å². The quantitative estimate of drug-likeness (QED) is 0.729. The Morgan fingerprint density at radius 2 is 1.62 bits per heavy atom. The molecule has 1 nitrogen and oxygen atoms in total. The van der Waals surface area contributed by atoms with Crippen LogP contribution in [0.1, 0.15) is 11.3 Å². The number of hydrogen-bond donors (Lipinski definition) is 0. The van der Waals surface area contributed by atoms with Gasteiger partial charge >= 0.3 is 0 Å². The van der Waals surface area contributed by atoms with Crippen molar-refractivity contribution in [2.75, 3.05) is 0 Å². The summed E-state index contributed by atoms with van der Waals surface area (Å²) in [4.78, 5) is 3.93. The molecule has 1 radical (unpaired) electrons. The zero-order chi connectivity index (χ0) is 11.5. The summed E-state index contributed by atoms with van der Waals surface area (Å²) in [6.07, 6.45) is 1.32. The number of halogens is 3. The third-order valence-corrected chi connectivity index (χ3v) is 2.24. The maximum Gasteiger partial charge on any atom is 0.130 e. The molecule has 1 heterocycles. The molecule has 2 rings (SSSR count). The summed E-state index contributed by atoms with van der Waals surface area (Å²) >= 11 is 5.67. The van der Waals surface area contributed by atoms with E-state index in [1.54, 1.807) is 18.2 Å². The minimum absolute atomic E-state index is 0.114. The van der Waals surface area contributed by atoms with Crippen LogP contribution in [0.2, 0.25) is 5.15 Å². The Labute approximate surface area is 96.7 Å². The molecule has 0 saturated heterocycles. The molecule has 0 aliphatic rings. The molecular formula is C12H7ClF2N. The fraction of sp³-hybridized carbons (Fsp3) is 0. The van der Waals surface area contributed by atoms with Crippen LogP contribution in [0.5, 0.6) is 0 Å². The van der Waals surface area contributed by atoms with E-state index in [1.165, 1.54) is 24.6 Å². The number of rotatable bonds is 2. The molecule has 0 bridgehead atoms. The number of aromatic nitrogens is 1. The van der Waals surface area contributed by atoms with E-state index >= 15 is 0 Å². The molecule has 16 heavy (non-hydrogen) atoms. The summed E-state index contributed by atoms with van der Waals surface area (Å²) in [7, 11) is 0. The summed E-state index contributed by atoms with van der Waals surface area (Å²) in [5.74, 6) is -1.25. The van der Waals surface area contributed by atoms with Gasteiger partial charge in [-0.2, -0.15) is 0 Å². The van der Waals surface area contributed by atoms with Gasteiger partial charge in [-0.1, -0.05) is 23.7 Å². The van der Waals surface area contributed by atoms with Gasteiger partial charge in [0.15, 0.2) is 0 Å². The van der Waals surface area contributed by atoms with Crippen molar-refractivity contribution in [3.8, 4) is 0 Å². The molecule has 4 heteroatoms. The summed E-state index contributed by atoms with van der Waals surface area (Å²) in [6, 6.07) is 8.58. The van der Waals surface area contributed by atoms with Crippen LogP contribution in [0.25, 0.3) is 0 Å². The molecule has 1 aromatic heterocycles. The molecule has 0 N–H and O–H groups in total. The van der Waals surface area contributed by atoms with Crippen molar-refractivity contribution in [3.05, 3.63) is 70.9 Å². The zero-order valence-corrected chi connectivity index (χ0v) is 8.88.